The van der Waals surface area contributed by atoms with Gasteiger partial charge in [-0.15, -0.1) is 11.3 Å². The van der Waals surface area contributed by atoms with Crippen LogP contribution in [0.1, 0.15) is 36.4 Å². The molecule has 16 heavy (non-hydrogen) atoms. The molecule has 0 bridgehead atoms. The smallest absolute Gasteiger partial charge is 0.130 e. The van der Waals surface area contributed by atoms with E-state index in [0.717, 1.165) is 18.7 Å². The summed E-state index contributed by atoms with van der Waals surface area (Å²) in [7, 11) is 2.16. The molecule has 1 aromatic rings. The highest BCUT2D eigenvalue weighted by molar-refractivity contribution is 7.09. The van der Waals surface area contributed by atoms with Crippen LogP contribution in [0.4, 0.5) is 0 Å². The Morgan fingerprint density at radius 3 is 3.12 bits per heavy atom. The number of likely N-dealkylation sites (N-methyl/N-ethyl adjacent to an activating group) is 1. The van der Waals surface area contributed by atoms with E-state index >= 15 is 0 Å². The summed E-state index contributed by atoms with van der Waals surface area (Å²) in [5, 5.41) is 3.36. The van der Waals surface area contributed by atoms with Crippen molar-refractivity contribution in [3.63, 3.8) is 0 Å². The Morgan fingerprint density at radius 2 is 2.50 bits per heavy atom. The maximum atomic E-state index is 10.9. The molecule has 0 amide bonds. The number of hydrogen-bond donors (Lipinski definition) is 0. The quantitative estimate of drug-likeness (QED) is 0.805. The van der Waals surface area contributed by atoms with E-state index in [4.69, 9.17) is 0 Å². The second-order valence-corrected chi connectivity index (χ2v) is 5.52. The number of aromatic nitrogens is 1. The number of rotatable bonds is 4. The normalized spacial score (nSPS) is 21.5. The molecule has 0 radical (unpaired) electrons. The van der Waals surface area contributed by atoms with Gasteiger partial charge in [-0.05, 0) is 33.4 Å². The molecule has 1 unspecified atom stereocenters. The lowest BCUT2D eigenvalue weighted by Crippen LogP contribution is -2.13. The number of nitrogens with zero attached hydrogens (tertiary/aromatic N) is 2. The molecule has 0 aromatic carbocycles. The average molecular weight is 238 g/mol. The highest BCUT2D eigenvalue weighted by Gasteiger charge is 2.23. The summed E-state index contributed by atoms with van der Waals surface area (Å²) >= 11 is 1.75. The van der Waals surface area contributed by atoms with Crippen molar-refractivity contribution in [2.24, 2.45) is 0 Å². The SMILES string of the molecule is CC(=O)CCc1csc(C2CCN(C)C2)n1. The molecule has 1 aromatic heterocycles. The minimum Gasteiger partial charge on any atom is -0.306 e. The van der Waals surface area contributed by atoms with Gasteiger partial charge in [0, 0.05) is 24.3 Å². The van der Waals surface area contributed by atoms with Gasteiger partial charge in [0.1, 0.15) is 5.78 Å². The first-order chi connectivity index (χ1) is 7.65. The van der Waals surface area contributed by atoms with Gasteiger partial charge in [0.15, 0.2) is 0 Å². The maximum absolute atomic E-state index is 10.9. The minimum atomic E-state index is 0.246. The highest BCUT2D eigenvalue weighted by atomic mass is 32.1. The second-order valence-electron chi connectivity index (χ2n) is 4.63. The molecule has 0 spiro atoms. The Balaban J connectivity index is 1.94. The zero-order valence-electron chi connectivity index (χ0n) is 9.90. The zero-order chi connectivity index (χ0) is 11.5. The van der Waals surface area contributed by atoms with Crippen LogP contribution in [0.2, 0.25) is 0 Å². The number of aryl methyl sites for hydroxylation is 1. The first-order valence-corrected chi connectivity index (χ1v) is 6.65. The lowest BCUT2D eigenvalue weighted by molar-refractivity contribution is -0.116. The van der Waals surface area contributed by atoms with Crippen molar-refractivity contribution in [3.8, 4) is 0 Å². The summed E-state index contributed by atoms with van der Waals surface area (Å²) in [6, 6.07) is 0. The van der Waals surface area contributed by atoms with E-state index in [0.29, 0.717) is 12.3 Å². The van der Waals surface area contributed by atoms with Gasteiger partial charge in [-0.3, -0.25) is 0 Å². The number of Topliss-reactive ketones (excluding diaryl/α,β-unsaturated/α-hetero) is 1. The molecule has 1 aliphatic heterocycles. The molecule has 2 rings (SSSR count). The molecular formula is C12H18N2OS. The summed E-state index contributed by atoms with van der Waals surface area (Å²) in [6.45, 7) is 3.94. The number of ketones is 1. The van der Waals surface area contributed by atoms with E-state index < -0.39 is 0 Å². The summed E-state index contributed by atoms with van der Waals surface area (Å²) in [6.07, 6.45) is 2.64. The standard InChI is InChI=1S/C12H18N2OS/c1-9(15)3-4-11-8-16-12(13-11)10-5-6-14(2)7-10/h8,10H,3-7H2,1-2H3. The van der Waals surface area contributed by atoms with Crippen molar-refractivity contribution in [3.05, 3.63) is 16.1 Å². The van der Waals surface area contributed by atoms with Gasteiger partial charge in [-0.2, -0.15) is 0 Å². The van der Waals surface area contributed by atoms with E-state index in [1.54, 1.807) is 18.3 Å². The van der Waals surface area contributed by atoms with Crippen LogP contribution in [-0.2, 0) is 11.2 Å². The molecule has 2 heterocycles. The largest absolute Gasteiger partial charge is 0.306 e. The lowest BCUT2D eigenvalue weighted by atomic mass is 10.1. The Labute approximate surface area is 100 Å². The second kappa shape index (κ2) is 5.06. The molecule has 3 nitrogen and oxygen atoms in total. The molecule has 1 fully saturated rings. The minimum absolute atomic E-state index is 0.246. The highest BCUT2D eigenvalue weighted by Crippen LogP contribution is 2.28. The summed E-state index contributed by atoms with van der Waals surface area (Å²) in [5.41, 5.74) is 1.09. The third-order valence-corrected chi connectivity index (χ3v) is 4.10. The maximum Gasteiger partial charge on any atom is 0.130 e. The van der Waals surface area contributed by atoms with Crippen LogP contribution in [0, 0.1) is 0 Å². The number of likely N-dealkylation sites (tertiary alicyclic amines) is 1. The number of hydrogen-bond acceptors (Lipinski definition) is 4. The predicted molar refractivity (Wildman–Crippen MR) is 66.0 cm³/mol. The Morgan fingerprint density at radius 1 is 1.69 bits per heavy atom. The van der Waals surface area contributed by atoms with Crippen LogP contribution in [0.5, 0.6) is 0 Å². The van der Waals surface area contributed by atoms with Crippen molar-refractivity contribution in [2.45, 2.75) is 32.1 Å². The van der Waals surface area contributed by atoms with Crippen LogP contribution in [0.15, 0.2) is 5.38 Å². The van der Waals surface area contributed by atoms with Gasteiger partial charge in [0.2, 0.25) is 0 Å². The average Bonchev–Trinajstić information content (AvgIpc) is 2.83. The van der Waals surface area contributed by atoms with Crippen molar-refractivity contribution in [1.82, 2.24) is 9.88 Å². The number of carbonyl (C=O) groups is 1. The predicted octanol–water partition coefficient (Wildman–Crippen LogP) is 2.08. The third kappa shape index (κ3) is 2.89. The van der Waals surface area contributed by atoms with Crippen LogP contribution < -0.4 is 0 Å². The van der Waals surface area contributed by atoms with E-state index in [9.17, 15) is 4.79 Å². The fourth-order valence-electron chi connectivity index (χ4n) is 2.07. The summed E-state index contributed by atoms with van der Waals surface area (Å²) < 4.78 is 0. The molecule has 1 saturated heterocycles. The lowest BCUT2D eigenvalue weighted by Gasteiger charge is -2.06. The molecule has 4 heteroatoms. The fourth-order valence-corrected chi connectivity index (χ4v) is 3.05. The molecule has 0 N–H and O–H groups in total. The van der Waals surface area contributed by atoms with E-state index in [-0.39, 0.29) is 5.78 Å². The van der Waals surface area contributed by atoms with Crippen LogP contribution >= 0.6 is 11.3 Å². The Hall–Kier alpha value is -0.740. The molecule has 0 saturated carbocycles. The van der Waals surface area contributed by atoms with Gasteiger partial charge >= 0.3 is 0 Å². The van der Waals surface area contributed by atoms with Crippen molar-refractivity contribution in [1.29, 1.82) is 0 Å². The first kappa shape index (κ1) is 11.7. The van der Waals surface area contributed by atoms with Crippen LogP contribution in [0.25, 0.3) is 0 Å². The molecular weight excluding hydrogens is 220 g/mol. The molecule has 88 valence electrons. The van der Waals surface area contributed by atoms with E-state index in [1.807, 2.05) is 0 Å². The number of thiazole rings is 1. The monoisotopic (exact) mass is 238 g/mol. The third-order valence-electron chi connectivity index (χ3n) is 3.04. The van der Waals surface area contributed by atoms with Gasteiger partial charge in [-0.1, -0.05) is 0 Å². The van der Waals surface area contributed by atoms with E-state index in [2.05, 4.69) is 22.3 Å². The van der Waals surface area contributed by atoms with Crippen molar-refractivity contribution >= 4 is 17.1 Å². The molecule has 1 atom stereocenters. The van der Waals surface area contributed by atoms with Crippen molar-refractivity contribution < 1.29 is 4.79 Å². The van der Waals surface area contributed by atoms with Crippen molar-refractivity contribution in [2.75, 3.05) is 20.1 Å². The topological polar surface area (TPSA) is 33.2 Å². The molecule has 0 aliphatic carbocycles. The number of carbonyl (C=O) groups excluding carboxylic acids is 1. The Bertz CT molecular complexity index is 375. The summed E-state index contributed by atoms with van der Waals surface area (Å²) in [4.78, 5) is 17.9. The van der Waals surface area contributed by atoms with Crippen LogP contribution in [0.3, 0.4) is 0 Å². The van der Waals surface area contributed by atoms with Gasteiger partial charge in [0.05, 0.1) is 10.7 Å². The van der Waals surface area contributed by atoms with Gasteiger partial charge in [0.25, 0.3) is 0 Å². The van der Waals surface area contributed by atoms with Gasteiger partial charge < -0.3 is 9.69 Å². The molecule has 1 aliphatic rings. The fraction of sp³-hybridized carbons (Fsp3) is 0.667. The summed E-state index contributed by atoms with van der Waals surface area (Å²) in [5.74, 6) is 0.858. The zero-order valence-corrected chi connectivity index (χ0v) is 10.7. The van der Waals surface area contributed by atoms with Gasteiger partial charge in [-0.25, -0.2) is 4.98 Å². The van der Waals surface area contributed by atoms with Crippen LogP contribution in [-0.4, -0.2) is 35.8 Å². The van der Waals surface area contributed by atoms with E-state index in [1.165, 1.54) is 18.0 Å². The first-order valence-electron chi connectivity index (χ1n) is 5.77. The Kier molecular flexibility index (Phi) is 3.71.